The molecule has 6 heteroatoms. The lowest BCUT2D eigenvalue weighted by molar-refractivity contribution is 0.583. The van der Waals surface area contributed by atoms with Crippen LogP contribution in [0.2, 0.25) is 0 Å². The molecule has 0 aliphatic rings. The van der Waals surface area contributed by atoms with Crippen LogP contribution >= 0.6 is 11.3 Å². The Morgan fingerprint density at radius 1 is 1.18 bits per heavy atom. The predicted molar refractivity (Wildman–Crippen MR) is 69.2 cm³/mol. The highest BCUT2D eigenvalue weighted by molar-refractivity contribution is 7.91. The Hall–Kier alpha value is -1.37. The predicted octanol–water partition coefficient (Wildman–Crippen LogP) is 1.81. The fourth-order valence-corrected chi connectivity index (χ4v) is 3.36. The summed E-state index contributed by atoms with van der Waals surface area (Å²) in [5.74, 6) is 0. The molecule has 1 aromatic heterocycles. The Morgan fingerprint density at radius 3 is 2.47 bits per heavy atom. The van der Waals surface area contributed by atoms with Crippen molar-refractivity contribution in [2.45, 2.75) is 10.8 Å². The van der Waals surface area contributed by atoms with Gasteiger partial charge in [0.05, 0.1) is 0 Å². The third-order valence-corrected chi connectivity index (χ3v) is 5.00. The number of hydrogen-bond donors (Lipinski definition) is 2. The normalized spacial score (nSPS) is 11.5. The minimum absolute atomic E-state index is 0.264. The molecule has 2 aromatic rings. The minimum Gasteiger partial charge on any atom is -0.399 e. The van der Waals surface area contributed by atoms with Crippen molar-refractivity contribution in [1.82, 2.24) is 4.72 Å². The summed E-state index contributed by atoms with van der Waals surface area (Å²) < 4.78 is 26.5. The van der Waals surface area contributed by atoms with E-state index in [2.05, 4.69) is 4.72 Å². The summed E-state index contributed by atoms with van der Waals surface area (Å²) in [6.45, 7) is 0.264. The second-order valence-corrected chi connectivity index (χ2v) is 6.44. The monoisotopic (exact) mass is 268 g/mol. The van der Waals surface area contributed by atoms with Gasteiger partial charge in [-0.2, -0.15) is 0 Å². The molecule has 2 rings (SSSR count). The van der Waals surface area contributed by atoms with Crippen molar-refractivity contribution in [2.75, 3.05) is 5.73 Å². The average Bonchev–Trinajstić information content (AvgIpc) is 2.82. The lowest BCUT2D eigenvalue weighted by Gasteiger charge is -2.05. The van der Waals surface area contributed by atoms with E-state index < -0.39 is 10.0 Å². The number of rotatable bonds is 4. The largest absolute Gasteiger partial charge is 0.399 e. The average molecular weight is 268 g/mol. The maximum Gasteiger partial charge on any atom is 0.250 e. The summed E-state index contributed by atoms with van der Waals surface area (Å²) in [7, 11) is -3.39. The van der Waals surface area contributed by atoms with Gasteiger partial charge in [-0.05, 0) is 29.1 Å². The second-order valence-electron chi connectivity index (χ2n) is 3.50. The maximum absolute atomic E-state index is 11.8. The van der Waals surface area contributed by atoms with E-state index in [1.54, 1.807) is 41.8 Å². The van der Waals surface area contributed by atoms with Crippen LogP contribution in [0, 0.1) is 0 Å². The van der Waals surface area contributed by atoms with Crippen LogP contribution in [0.4, 0.5) is 5.69 Å². The summed E-state index contributed by atoms with van der Waals surface area (Å²) in [6, 6.07) is 10.4. The first-order valence-corrected chi connectivity index (χ1v) is 7.32. The quantitative estimate of drug-likeness (QED) is 0.831. The Bertz CT molecular complexity index is 574. The van der Waals surface area contributed by atoms with Crippen molar-refractivity contribution in [3.05, 3.63) is 47.3 Å². The number of thiophene rings is 1. The van der Waals surface area contributed by atoms with Gasteiger partial charge in [-0.3, -0.25) is 0 Å². The lowest BCUT2D eigenvalue weighted by Crippen LogP contribution is -2.22. The SMILES string of the molecule is Nc1ccc(CNS(=O)(=O)c2cccs2)cc1. The molecule has 0 fully saturated rings. The van der Waals surface area contributed by atoms with E-state index in [9.17, 15) is 8.42 Å². The van der Waals surface area contributed by atoms with E-state index in [4.69, 9.17) is 5.73 Å². The molecule has 3 N–H and O–H groups in total. The van der Waals surface area contributed by atoms with E-state index in [0.29, 0.717) is 9.90 Å². The van der Waals surface area contributed by atoms with Gasteiger partial charge in [0.15, 0.2) is 0 Å². The van der Waals surface area contributed by atoms with Crippen LogP contribution in [0.25, 0.3) is 0 Å². The van der Waals surface area contributed by atoms with E-state index in [1.165, 1.54) is 11.3 Å². The zero-order valence-corrected chi connectivity index (χ0v) is 10.6. The molecule has 4 nitrogen and oxygen atoms in total. The van der Waals surface area contributed by atoms with Gasteiger partial charge in [-0.25, -0.2) is 13.1 Å². The number of anilines is 1. The third-order valence-electron chi connectivity index (χ3n) is 2.21. The van der Waals surface area contributed by atoms with Crippen LogP contribution in [-0.2, 0) is 16.6 Å². The highest BCUT2D eigenvalue weighted by Gasteiger charge is 2.13. The smallest absolute Gasteiger partial charge is 0.250 e. The van der Waals surface area contributed by atoms with Gasteiger partial charge in [0.25, 0.3) is 0 Å². The number of sulfonamides is 1. The number of benzene rings is 1. The van der Waals surface area contributed by atoms with Crippen LogP contribution < -0.4 is 10.5 Å². The van der Waals surface area contributed by atoms with Crippen LogP contribution in [0.3, 0.4) is 0 Å². The first-order chi connectivity index (χ1) is 8.08. The Morgan fingerprint density at radius 2 is 1.88 bits per heavy atom. The first kappa shape index (κ1) is 12.1. The number of nitrogens with two attached hydrogens (primary N) is 1. The number of nitrogens with one attached hydrogen (secondary N) is 1. The van der Waals surface area contributed by atoms with E-state index >= 15 is 0 Å². The lowest BCUT2D eigenvalue weighted by atomic mass is 10.2. The van der Waals surface area contributed by atoms with Gasteiger partial charge in [0.2, 0.25) is 10.0 Å². The third kappa shape index (κ3) is 3.06. The fourth-order valence-electron chi connectivity index (χ4n) is 1.30. The summed E-state index contributed by atoms with van der Waals surface area (Å²) in [5.41, 5.74) is 7.09. The van der Waals surface area contributed by atoms with Gasteiger partial charge in [-0.15, -0.1) is 11.3 Å². The van der Waals surface area contributed by atoms with Crippen molar-refractivity contribution in [1.29, 1.82) is 0 Å². The molecule has 1 aromatic carbocycles. The van der Waals surface area contributed by atoms with Gasteiger partial charge in [-0.1, -0.05) is 18.2 Å². The highest BCUT2D eigenvalue weighted by atomic mass is 32.2. The fraction of sp³-hybridized carbons (Fsp3) is 0.0909. The first-order valence-electron chi connectivity index (χ1n) is 4.95. The van der Waals surface area contributed by atoms with Gasteiger partial charge < -0.3 is 5.73 Å². The topological polar surface area (TPSA) is 72.2 Å². The van der Waals surface area contributed by atoms with Crippen molar-refractivity contribution in [2.24, 2.45) is 0 Å². The van der Waals surface area contributed by atoms with Gasteiger partial charge >= 0.3 is 0 Å². The van der Waals surface area contributed by atoms with E-state index in [1.807, 2.05) is 0 Å². The van der Waals surface area contributed by atoms with Crippen LogP contribution in [0.15, 0.2) is 46.0 Å². The number of hydrogen-bond acceptors (Lipinski definition) is 4. The Labute approximate surface area is 104 Å². The van der Waals surface area contributed by atoms with Crippen LogP contribution in [0.1, 0.15) is 5.56 Å². The van der Waals surface area contributed by atoms with Gasteiger partial charge in [0.1, 0.15) is 4.21 Å². The Balaban J connectivity index is 2.06. The van der Waals surface area contributed by atoms with Gasteiger partial charge in [0, 0.05) is 12.2 Å². The van der Waals surface area contributed by atoms with Crippen molar-refractivity contribution < 1.29 is 8.42 Å². The molecule has 0 spiro atoms. The molecule has 0 aliphatic carbocycles. The van der Waals surface area contributed by atoms with E-state index in [0.717, 1.165) is 5.56 Å². The molecule has 17 heavy (non-hydrogen) atoms. The van der Waals surface area contributed by atoms with Crippen LogP contribution in [-0.4, -0.2) is 8.42 Å². The molecule has 0 radical (unpaired) electrons. The highest BCUT2D eigenvalue weighted by Crippen LogP contribution is 2.16. The van der Waals surface area contributed by atoms with Crippen molar-refractivity contribution in [3.8, 4) is 0 Å². The molecule has 0 saturated heterocycles. The molecular weight excluding hydrogens is 256 g/mol. The van der Waals surface area contributed by atoms with Crippen molar-refractivity contribution >= 4 is 27.0 Å². The molecule has 0 amide bonds. The molecule has 0 unspecified atom stereocenters. The standard InChI is InChI=1S/C11H12N2O2S2/c12-10-5-3-9(4-6-10)8-13-17(14,15)11-2-1-7-16-11/h1-7,13H,8,12H2. The summed E-state index contributed by atoms with van der Waals surface area (Å²) in [5, 5.41) is 1.73. The molecule has 0 atom stereocenters. The van der Waals surface area contributed by atoms with Crippen LogP contribution in [0.5, 0.6) is 0 Å². The summed E-state index contributed by atoms with van der Waals surface area (Å²) >= 11 is 1.20. The molecular formula is C11H12N2O2S2. The summed E-state index contributed by atoms with van der Waals surface area (Å²) in [4.78, 5) is 0. The molecule has 0 bridgehead atoms. The Kier molecular flexibility index (Phi) is 3.46. The molecule has 90 valence electrons. The molecule has 0 saturated carbocycles. The number of nitrogen functional groups attached to an aromatic ring is 1. The van der Waals surface area contributed by atoms with Crippen molar-refractivity contribution in [3.63, 3.8) is 0 Å². The minimum atomic E-state index is -3.39. The zero-order chi connectivity index (χ0) is 12.3. The molecule has 1 heterocycles. The van der Waals surface area contributed by atoms with E-state index in [-0.39, 0.29) is 6.54 Å². The second kappa shape index (κ2) is 4.87. The molecule has 0 aliphatic heterocycles. The summed E-state index contributed by atoms with van der Waals surface area (Å²) in [6.07, 6.45) is 0. The zero-order valence-electron chi connectivity index (χ0n) is 8.96. The maximum atomic E-state index is 11.8.